The summed E-state index contributed by atoms with van der Waals surface area (Å²) in [5, 5.41) is -1.02. The largest absolute Gasteiger partial charge is 0.533 e. The lowest BCUT2D eigenvalue weighted by molar-refractivity contribution is 0.144. The summed E-state index contributed by atoms with van der Waals surface area (Å²) in [7, 11) is -2.41. The van der Waals surface area contributed by atoms with Gasteiger partial charge >= 0.3 is 14.1 Å². The quantitative estimate of drug-likeness (QED) is 0.660. The molecule has 6 heteroatoms. The molecule has 0 aromatic rings. The van der Waals surface area contributed by atoms with Crippen molar-refractivity contribution in [1.82, 2.24) is 4.90 Å². The van der Waals surface area contributed by atoms with Crippen LogP contribution in [0.1, 0.15) is 13.8 Å². The zero-order chi connectivity index (χ0) is 9.35. The van der Waals surface area contributed by atoms with E-state index in [4.69, 9.17) is 4.89 Å². The fraction of sp³-hybridized carbons (Fsp3) is 0.833. The number of nitrogens with zero attached hydrogens (tertiary/aromatic N) is 1. The molecule has 1 heterocycles. The molecule has 0 bridgehead atoms. The molecular weight excluding hydrogens is 181 g/mol. The Morgan fingerprint density at radius 1 is 1.67 bits per heavy atom. The number of hydrogen-bond donors (Lipinski definition) is 1. The standard InChI is InChI=1S/C6H10NO4P/c1-6(2,12(9)10)7-3-4-11-5(7)8/h3-4H2,1-2H3/p+1. The number of ether oxygens (including phenoxy) is 1. The van der Waals surface area contributed by atoms with Crippen LogP contribution in [-0.4, -0.2) is 34.3 Å². The summed E-state index contributed by atoms with van der Waals surface area (Å²) in [6.07, 6.45) is -0.516. The molecule has 1 amide bonds. The maximum atomic E-state index is 11.0. The van der Waals surface area contributed by atoms with E-state index in [1.54, 1.807) is 0 Å². The number of amides is 1. The van der Waals surface area contributed by atoms with Crippen molar-refractivity contribution in [2.75, 3.05) is 13.2 Å². The van der Waals surface area contributed by atoms with Crippen molar-refractivity contribution in [3.05, 3.63) is 0 Å². The monoisotopic (exact) mass is 192 g/mol. The molecule has 1 saturated heterocycles. The van der Waals surface area contributed by atoms with E-state index in [2.05, 4.69) is 4.74 Å². The third-order valence-electron chi connectivity index (χ3n) is 1.89. The van der Waals surface area contributed by atoms with E-state index >= 15 is 0 Å². The minimum atomic E-state index is -2.41. The van der Waals surface area contributed by atoms with Gasteiger partial charge in [0.05, 0.1) is 6.54 Å². The van der Waals surface area contributed by atoms with Crippen LogP contribution in [0.25, 0.3) is 0 Å². The van der Waals surface area contributed by atoms with Gasteiger partial charge in [0.1, 0.15) is 6.61 Å². The Morgan fingerprint density at radius 3 is 2.58 bits per heavy atom. The van der Waals surface area contributed by atoms with Gasteiger partial charge < -0.3 is 4.74 Å². The second-order valence-electron chi connectivity index (χ2n) is 3.03. The number of hydrogen-bond acceptors (Lipinski definition) is 3. The highest BCUT2D eigenvalue weighted by Crippen LogP contribution is 2.38. The van der Waals surface area contributed by atoms with Crippen LogP contribution in [0.5, 0.6) is 0 Å². The van der Waals surface area contributed by atoms with Crippen molar-refractivity contribution in [2.24, 2.45) is 0 Å². The highest BCUT2D eigenvalue weighted by Gasteiger charge is 2.50. The van der Waals surface area contributed by atoms with Gasteiger partial charge in [0.2, 0.25) is 0 Å². The lowest BCUT2D eigenvalue weighted by Crippen LogP contribution is -2.41. The SMILES string of the molecule is CC(C)(N1CCOC1=O)[P+](=O)O. The maximum Gasteiger partial charge on any atom is 0.533 e. The normalized spacial score (nSPS) is 19.4. The molecule has 1 N–H and O–H groups in total. The first kappa shape index (κ1) is 9.42. The zero-order valence-corrected chi connectivity index (χ0v) is 7.88. The lowest BCUT2D eigenvalue weighted by Gasteiger charge is -2.20. The van der Waals surface area contributed by atoms with Gasteiger partial charge in [-0.1, -0.05) is 0 Å². The van der Waals surface area contributed by atoms with Crippen molar-refractivity contribution >= 4 is 14.1 Å². The first-order valence-corrected chi connectivity index (χ1v) is 4.78. The molecule has 68 valence electrons. The van der Waals surface area contributed by atoms with Crippen LogP contribution in [-0.2, 0) is 9.30 Å². The smallest absolute Gasteiger partial charge is 0.447 e. The van der Waals surface area contributed by atoms with Crippen LogP contribution in [0, 0.1) is 0 Å². The van der Waals surface area contributed by atoms with Crippen LogP contribution in [0.4, 0.5) is 4.79 Å². The fourth-order valence-corrected chi connectivity index (χ4v) is 1.38. The van der Waals surface area contributed by atoms with Gasteiger partial charge in [-0.3, -0.25) is 4.90 Å². The number of cyclic esters (lactones) is 1. The first-order valence-electron chi connectivity index (χ1n) is 3.57. The Balaban J connectivity index is 2.80. The van der Waals surface area contributed by atoms with Gasteiger partial charge in [-0.2, -0.15) is 4.89 Å². The summed E-state index contributed by atoms with van der Waals surface area (Å²) < 4.78 is 15.5. The average Bonchev–Trinajstić information content (AvgIpc) is 2.35. The Bertz CT molecular complexity index is 228. The van der Waals surface area contributed by atoms with Gasteiger partial charge in [-0.25, -0.2) is 4.79 Å². The summed E-state index contributed by atoms with van der Waals surface area (Å²) >= 11 is 0. The lowest BCUT2D eigenvalue weighted by atomic mass is 10.3. The summed E-state index contributed by atoms with van der Waals surface area (Å²) in [6, 6.07) is 0. The summed E-state index contributed by atoms with van der Waals surface area (Å²) in [4.78, 5) is 21.2. The topological polar surface area (TPSA) is 66.8 Å². The molecule has 12 heavy (non-hydrogen) atoms. The summed E-state index contributed by atoms with van der Waals surface area (Å²) in [5.41, 5.74) is 0. The van der Waals surface area contributed by atoms with Crippen LogP contribution in [0.2, 0.25) is 0 Å². The average molecular weight is 192 g/mol. The summed E-state index contributed by atoms with van der Waals surface area (Å²) in [5.74, 6) is 0. The number of carbonyl (C=O) groups is 1. The molecule has 0 saturated carbocycles. The van der Waals surface area contributed by atoms with Gasteiger partial charge in [0, 0.05) is 13.8 Å². The molecule has 5 nitrogen and oxygen atoms in total. The van der Waals surface area contributed by atoms with Gasteiger partial charge in [-0.15, -0.1) is 0 Å². The van der Waals surface area contributed by atoms with Crippen molar-refractivity contribution < 1.29 is 19.0 Å². The summed E-state index contributed by atoms with van der Waals surface area (Å²) in [6.45, 7) is 3.76. The molecule has 0 aromatic heterocycles. The molecule has 0 spiro atoms. The van der Waals surface area contributed by atoms with Gasteiger partial charge in [0.25, 0.3) is 5.28 Å². The highest BCUT2D eigenvalue weighted by molar-refractivity contribution is 7.39. The fourth-order valence-electron chi connectivity index (χ4n) is 0.994. The van der Waals surface area contributed by atoms with E-state index in [-0.39, 0.29) is 0 Å². The molecule has 1 fully saturated rings. The Morgan fingerprint density at radius 2 is 2.25 bits per heavy atom. The van der Waals surface area contributed by atoms with Crippen LogP contribution in [0.15, 0.2) is 0 Å². The Kier molecular flexibility index (Phi) is 2.35. The molecule has 1 rings (SSSR count). The predicted molar refractivity (Wildman–Crippen MR) is 42.0 cm³/mol. The Hall–Kier alpha value is -0.670. The second kappa shape index (κ2) is 2.99. The van der Waals surface area contributed by atoms with E-state index in [1.807, 2.05) is 0 Å². The number of carbonyl (C=O) groups excluding carboxylic acids is 1. The van der Waals surface area contributed by atoms with Crippen molar-refractivity contribution in [3.63, 3.8) is 0 Å². The molecule has 0 aromatic carbocycles. The second-order valence-corrected chi connectivity index (χ2v) is 4.67. The van der Waals surface area contributed by atoms with Crippen molar-refractivity contribution in [1.29, 1.82) is 0 Å². The molecule has 1 atom stereocenters. The molecule has 1 aliphatic heterocycles. The van der Waals surface area contributed by atoms with Crippen LogP contribution >= 0.6 is 8.03 Å². The third kappa shape index (κ3) is 1.42. The van der Waals surface area contributed by atoms with E-state index in [0.29, 0.717) is 13.2 Å². The van der Waals surface area contributed by atoms with Crippen molar-refractivity contribution in [3.8, 4) is 0 Å². The Labute approximate surface area is 71.2 Å². The molecular formula is C6H11NO4P+. The number of rotatable bonds is 2. The molecule has 0 aliphatic carbocycles. The van der Waals surface area contributed by atoms with Crippen LogP contribution in [0.3, 0.4) is 0 Å². The minimum absolute atomic E-state index is 0.297. The van der Waals surface area contributed by atoms with E-state index in [9.17, 15) is 9.36 Å². The van der Waals surface area contributed by atoms with Gasteiger partial charge in [0.15, 0.2) is 0 Å². The molecule has 0 radical (unpaired) electrons. The van der Waals surface area contributed by atoms with E-state index in [1.165, 1.54) is 18.7 Å². The van der Waals surface area contributed by atoms with Crippen molar-refractivity contribution in [2.45, 2.75) is 19.1 Å². The predicted octanol–water partition coefficient (Wildman–Crippen LogP) is 0.909. The molecule has 1 unspecified atom stereocenters. The third-order valence-corrected chi connectivity index (χ3v) is 3.07. The zero-order valence-electron chi connectivity index (χ0n) is 6.98. The van der Waals surface area contributed by atoms with E-state index < -0.39 is 19.4 Å². The van der Waals surface area contributed by atoms with Crippen LogP contribution < -0.4 is 0 Å². The first-order chi connectivity index (χ1) is 5.46. The van der Waals surface area contributed by atoms with Gasteiger partial charge in [-0.05, 0) is 4.57 Å². The maximum absolute atomic E-state index is 11.0. The molecule has 1 aliphatic rings. The highest BCUT2D eigenvalue weighted by atomic mass is 31.1. The minimum Gasteiger partial charge on any atom is -0.447 e. The van der Waals surface area contributed by atoms with E-state index in [0.717, 1.165) is 0 Å².